The first kappa shape index (κ1) is 18.8. The van der Waals surface area contributed by atoms with Gasteiger partial charge in [-0.25, -0.2) is 14.8 Å². The van der Waals surface area contributed by atoms with Crippen LogP contribution in [0.15, 0.2) is 65.0 Å². The Bertz CT molecular complexity index is 1180. The Kier molecular flexibility index (Phi) is 4.72. The average Bonchev–Trinajstić information content (AvgIpc) is 3.18. The van der Waals surface area contributed by atoms with Crippen LogP contribution in [0.5, 0.6) is 0 Å². The van der Waals surface area contributed by atoms with Crippen molar-refractivity contribution < 1.29 is 9.90 Å². The molecule has 7 nitrogen and oxygen atoms in total. The van der Waals surface area contributed by atoms with E-state index in [9.17, 15) is 9.90 Å². The molecule has 30 heavy (non-hydrogen) atoms. The van der Waals surface area contributed by atoms with E-state index >= 15 is 0 Å². The molecule has 152 valence electrons. The highest BCUT2D eigenvalue weighted by Crippen LogP contribution is 2.35. The van der Waals surface area contributed by atoms with Crippen LogP contribution >= 0.6 is 11.3 Å². The number of benzene rings is 1. The Balaban J connectivity index is 1.54. The fraction of sp³-hybridized carbons (Fsp3) is 0.227. The number of allylic oxidation sites excluding steroid dienone is 1. The van der Waals surface area contributed by atoms with Crippen molar-refractivity contribution in [1.29, 1.82) is 0 Å². The lowest BCUT2D eigenvalue weighted by atomic mass is 9.93. The van der Waals surface area contributed by atoms with Crippen molar-refractivity contribution in [3.63, 3.8) is 0 Å². The largest absolute Gasteiger partial charge is 0.477 e. The number of anilines is 2. The number of thiazole rings is 1. The fourth-order valence-electron chi connectivity index (χ4n) is 3.99. The maximum Gasteiger partial charge on any atom is 0.354 e. The van der Waals surface area contributed by atoms with Crippen LogP contribution in [0.3, 0.4) is 0 Å². The van der Waals surface area contributed by atoms with E-state index in [2.05, 4.69) is 33.5 Å². The second-order valence-electron chi connectivity index (χ2n) is 7.34. The molecule has 3 N–H and O–H groups in total. The van der Waals surface area contributed by atoms with Gasteiger partial charge in [0.05, 0.1) is 16.8 Å². The van der Waals surface area contributed by atoms with Crippen LogP contribution < -0.4 is 15.5 Å². The summed E-state index contributed by atoms with van der Waals surface area (Å²) in [6, 6.07) is 13.2. The molecule has 0 saturated heterocycles. The molecule has 2 aliphatic rings. The van der Waals surface area contributed by atoms with Crippen LogP contribution in [-0.2, 0) is 0 Å². The van der Waals surface area contributed by atoms with E-state index in [1.165, 1.54) is 17.2 Å². The van der Waals surface area contributed by atoms with Gasteiger partial charge in [-0.05, 0) is 55.3 Å². The predicted molar refractivity (Wildman–Crippen MR) is 119 cm³/mol. The molecule has 0 bridgehead atoms. The standard InChI is InChI=1S/C22H21N5O2S/c1-13-14-9-10-23-11-18(14)27(20-8-4-6-16(24-20)21(28)29)12-17(13)26-22-25-15-5-2-3-7-19(15)30-22/h2-8,23H,9-12H2,1H3,(H,25,26)(H,28,29). The average molecular weight is 420 g/mol. The van der Waals surface area contributed by atoms with E-state index in [1.54, 1.807) is 17.4 Å². The summed E-state index contributed by atoms with van der Waals surface area (Å²) in [6.45, 7) is 4.38. The van der Waals surface area contributed by atoms with Crippen LogP contribution in [-0.4, -0.2) is 40.7 Å². The Labute approximate surface area is 177 Å². The summed E-state index contributed by atoms with van der Waals surface area (Å²) in [5.41, 5.74) is 5.77. The highest BCUT2D eigenvalue weighted by Gasteiger charge is 2.29. The summed E-state index contributed by atoms with van der Waals surface area (Å²) in [5.74, 6) is -0.383. The maximum absolute atomic E-state index is 11.4. The first-order chi connectivity index (χ1) is 14.6. The molecule has 0 saturated carbocycles. The minimum absolute atomic E-state index is 0.0466. The lowest BCUT2D eigenvalue weighted by Gasteiger charge is -2.37. The topological polar surface area (TPSA) is 90.4 Å². The molecular weight excluding hydrogens is 398 g/mol. The lowest BCUT2D eigenvalue weighted by Crippen LogP contribution is -2.41. The number of hydrogen-bond acceptors (Lipinski definition) is 7. The third kappa shape index (κ3) is 3.34. The number of carbonyl (C=O) groups is 1. The van der Waals surface area contributed by atoms with Crippen molar-refractivity contribution in [3.05, 3.63) is 70.7 Å². The zero-order valence-corrected chi connectivity index (χ0v) is 17.3. The van der Waals surface area contributed by atoms with Gasteiger partial charge >= 0.3 is 5.97 Å². The summed E-state index contributed by atoms with van der Waals surface area (Å²) in [5, 5.41) is 17.2. The Hall–Kier alpha value is -3.23. The smallest absolute Gasteiger partial charge is 0.354 e. The Morgan fingerprint density at radius 1 is 1.20 bits per heavy atom. The molecule has 0 unspecified atom stereocenters. The molecule has 4 heterocycles. The Morgan fingerprint density at radius 3 is 2.90 bits per heavy atom. The lowest BCUT2D eigenvalue weighted by molar-refractivity contribution is 0.0690. The summed E-state index contributed by atoms with van der Waals surface area (Å²) < 4.78 is 1.14. The number of nitrogens with zero attached hydrogens (tertiary/aromatic N) is 3. The van der Waals surface area contributed by atoms with Crippen molar-refractivity contribution in [3.8, 4) is 0 Å². The number of aromatic nitrogens is 2. The van der Waals surface area contributed by atoms with Crippen LogP contribution in [0.1, 0.15) is 23.8 Å². The van der Waals surface area contributed by atoms with Gasteiger partial charge in [0.25, 0.3) is 0 Å². The number of pyridine rings is 1. The monoisotopic (exact) mass is 419 g/mol. The van der Waals surface area contributed by atoms with Crippen molar-refractivity contribution in [2.24, 2.45) is 0 Å². The summed E-state index contributed by atoms with van der Waals surface area (Å²) in [7, 11) is 0. The van der Waals surface area contributed by atoms with E-state index in [0.29, 0.717) is 12.4 Å². The molecule has 1 aromatic carbocycles. The number of fused-ring (bicyclic) bond motifs is 1. The molecule has 0 fully saturated rings. The van der Waals surface area contributed by atoms with Gasteiger partial charge in [-0.15, -0.1) is 0 Å². The zero-order valence-electron chi connectivity index (χ0n) is 16.5. The van der Waals surface area contributed by atoms with E-state index in [1.807, 2.05) is 24.3 Å². The highest BCUT2D eigenvalue weighted by atomic mass is 32.1. The third-order valence-corrected chi connectivity index (χ3v) is 6.47. The number of para-hydroxylation sites is 1. The van der Waals surface area contributed by atoms with Crippen LogP contribution in [0.4, 0.5) is 10.9 Å². The summed E-state index contributed by atoms with van der Waals surface area (Å²) >= 11 is 1.63. The molecule has 0 spiro atoms. The van der Waals surface area contributed by atoms with Gasteiger partial charge in [0.2, 0.25) is 0 Å². The maximum atomic E-state index is 11.4. The quantitative estimate of drug-likeness (QED) is 0.592. The third-order valence-electron chi connectivity index (χ3n) is 5.52. The fourth-order valence-corrected chi connectivity index (χ4v) is 4.88. The van der Waals surface area contributed by atoms with Crippen LogP contribution in [0, 0.1) is 0 Å². The van der Waals surface area contributed by atoms with Gasteiger partial charge in [-0.1, -0.05) is 29.5 Å². The highest BCUT2D eigenvalue weighted by molar-refractivity contribution is 7.22. The van der Waals surface area contributed by atoms with Gasteiger partial charge < -0.3 is 20.6 Å². The van der Waals surface area contributed by atoms with E-state index in [-0.39, 0.29) is 5.69 Å². The molecule has 0 atom stereocenters. The minimum atomic E-state index is -1.02. The van der Waals surface area contributed by atoms with Gasteiger partial charge in [0.1, 0.15) is 5.82 Å². The molecule has 2 aliphatic heterocycles. The Morgan fingerprint density at radius 2 is 2.07 bits per heavy atom. The minimum Gasteiger partial charge on any atom is -0.477 e. The van der Waals surface area contributed by atoms with E-state index in [0.717, 1.165) is 46.3 Å². The molecule has 0 radical (unpaired) electrons. The molecule has 8 heteroatoms. The van der Waals surface area contributed by atoms with Crippen molar-refractivity contribution in [1.82, 2.24) is 15.3 Å². The van der Waals surface area contributed by atoms with Crippen molar-refractivity contribution in [2.45, 2.75) is 13.3 Å². The molecule has 0 aliphatic carbocycles. The first-order valence-electron chi connectivity index (χ1n) is 9.83. The molecular formula is C22H21N5O2S. The van der Waals surface area contributed by atoms with Crippen LogP contribution in [0.25, 0.3) is 10.2 Å². The molecule has 0 amide bonds. The predicted octanol–water partition coefficient (Wildman–Crippen LogP) is 3.84. The summed E-state index contributed by atoms with van der Waals surface area (Å²) in [4.78, 5) is 22.6. The number of hydrogen-bond donors (Lipinski definition) is 3. The number of rotatable bonds is 4. The zero-order chi connectivity index (χ0) is 20.7. The number of nitrogens with one attached hydrogen (secondary N) is 2. The van der Waals surface area contributed by atoms with Crippen molar-refractivity contribution >= 4 is 38.5 Å². The van der Waals surface area contributed by atoms with E-state index < -0.39 is 5.97 Å². The first-order valence-corrected chi connectivity index (χ1v) is 10.6. The molecule has 2 aromatic heterocycles. The molecule has 5 rings (SSSR count). The summed E-state index contributed by atoms with van der Waals surface area (Å²) in [6.07, 6.45) is 0.918. The molecule has 3 aromatic rings. The van der Waals surface area contributed by atoms with Crippen LogP contribution in [0.2, 0.25) is 0 Å². The number of carboxylic acid groups (broad SMARTS) is 1. The van der Waals surface area contributed by atoms with Gasteiger partial charge in [0.15, 0.2) is 10.8 Å². The van der Waals surface area contributed by atoms with Gasteiger partial charge in [-0.3, -0.25) is 0 Å². The van der Waals surface area contributed by atoms with Crippen molar-refractivity contribution in [2.75, 3.05) is 29.9 Å². The number of aromatic carboxylic acids is 1. The van der Waals surface area contributed by atoms with Gasteiger partial charge in [0, 0.05) is 17.9 Å². The second kappa shape index (κ2) is 7.55. The normalized spacial score (nSPS) is 16.8. The SMILES string of the molecule is CC1=C(Nc2nc3ccccc3s2)CN(c2cccc(C(=O)O)n2)C2=C1CCNC2. The number of carboxylic acids is 1. The van der Waals surface area contributed by atoms with E-state index in [4.69, 9.17) is 4.98 Å². The second-order valence-corrected chi connectivity index (χ2v) is 8.37. The van der Waals surface area contributed by atoms with Gasteiger partial charge in [-0.2, -0.15) is 0 Å².